The van der Waals surface area contributed by atoms with E-state index >= 15 is 0 Å². The van der Waals surface area contributed by atoms with Gasteiger partial charge >= 0.3 is 0 Å². The maximum Gasteiger partial charge on any atom is 0.227 e. The summed E-state index contributed by atoms with van der Waals surface area (Å²) in [4.78, 5) is 12.3. The van der Waals surface area contributed by atoms with Crippen LogP contribution in [0, 0.1) is 0 Å². The SMILES string of the molecule is O=C(NCCCCCCCl)C1CCOc2ccccc21. The molecule has 0 fully saturated rings. The van der Waals surface area contributed by atoms with E-state index in [4.69, 9.17) is 16.3 Å². The number of alkyl halides is 1. The molecule has 1 aliphatic heterocycles. The first-order valence-electron chi connectivity index (χ1n) is 7.38. The summed E-state index contributed by atoms with van der Waals surface area (Å²) in [6, 6.07) is 7.82. The molecule has 1 aromatic rings. The van der Waals surface area contributed by atoms with Crippen LogP contribution in [0.3, 0.4) is 0 Å². The van der Waals surface area contributed by atoms with Gasteiger partial charge in [0.05, 0.1) is 12.5 Å². The van der Waals surface area contributed by atoms with Gasteiger partial charge in [-0.25, -0.2) is 0 Å². The molecule has 4 heteroatoms. The number of rotatable bonds is 7. The molecular weight excluding hydrogens is 274 g/mol. The normalized spacial score (nSPS) is 17.1. The Hall–Kier alpha value is -1.22. The van der Waals surface area contributed by atoms with Crippen LogP contribution in [-0.2, 0) is 4.79 Å². The minimum Gasteiger partial charge on any atom is -0.493 e. The minimum absolute atomic E-state index is 0.0669. The summed E-state index contributed by atoms with van der Waals surface area (Å²) >= 11 is 5.63. The maximum atomic E-state index is 12.3. The number of para-hydroxylation sites is 1. The average Bonchev–Trinajstić information content (AvgIpc) is 2.50. The number of fused-ring (bicyclic) bond motifs is 1. The molecule has 2 rings (SSSR count). The van der Waals surface area contributed by atoms with Crippen molar-refractivity contribution in [2.24, 2.45) is 0 Å². The van der Waals surface area contributed by atoms with E-state index in [9.17, 15) is 4.79 Å². The molecule has 20 heavy (non-hydrogen) atoms. The highest BCUT2D eigenvalue weighted by Crippen LogP contribution is 2.33. The number of carbonyl (C=O) groups is 1. The fraction of sp³-hybridized carbons (Fsp3) is 0.562. The van der Waals surface area contributed by atoms with E-state index < -0.39 is 0 Å². The molecular formula is C16H22ClNO2. The number of nitrogens with one attached hydrogen (secondary N) is 1. The van der Waals surface area contributed by atoms with Crippen LogP contribution in [0.1, 0.15) is 43.6 Å². The van der Waals surface area contributed by atoms with Crippen LogP contribution in [0.4, 0.5) is 0 Å². The van der Waals surface area contributed by atoms with Crippen LogP contribution in [0.2, 0.25) is 0 Å². The second-order valence-corrected chi connectivity index (χ2v) is 5.50. The largest absolute Gasteiger partial charge is 0.493 e. The summed E-state index contributed by atoms with van der Waals surface area (Å²) in [6.45, 7) is 1.37. The molecule has 0 spiro atoms. The number of amides is 1. The molecule has 0 bridgehead atoms. The highest BCUT2D eigenvalue weighted by Gasteiger charge is 2.26. The number of unbranched alkanes of at least 4 members (excludes halogenated alkanes) is 3. The summed E-state index contributed by atoms with van der Waals surface area (Å²) in [5.41, 5.74) is 1.01. The summed E-state index contributed by atoms with van der Waals surface area (Å²) in [6.07, 6.45) is 5.10. The Morgan fingerprint density at radius 3 is 2.90 bits per heavy atom. The lowest BCUT2D eigenvalue weighted by atomic mass is 9.92. The number of carbonyl (C=O) groups excluding carboxylic acids is 1. The molecule has 3 nitrogen and oxygen atoms in total. The molecule has 0 aromatic heterocycles. The Kier molecular flexibility index (Phi) is 6.19. The molecule has 0 saturated heterocycles. The van der Waals surface area contributed by atoms with Crippen LogP contribution in [-0.4, -0.2) is 24.9 Å². The Bertz CT molecular complexity index is 436. The second-order valence-electron chi connectivity index (χ2n) is 5.12. The smallest absolute Gasteiger partial charge is 0.227 e. The molecule has 110 valence electrons. The Labute approximate surface area is 125 Å². The minimum atomic E-state index is -0.0669. The molecule has 1 amide bonds. The maximum absolute atomic E-state index is 12.3. The molecule has 0 aliphatic carbocycles. The fourth-order valence-electron chi connectivity index (χ4n) is 2.52. The van der Waals surface area contributed by atoms with Gasteiger partial charge in [0.25, 0.3) is 0 Å². The molecule has 1 atom stereocenters. The van der Waals surface area contributed by atoms with Gasteiger partial charge in [-0.15, -0.1) is 11.6 Å². The molecule has 1 heterocycles. The first-order valence-corrected chi connectivity index (χ1v) is 7.92. The standard InChI is InChI=1S/C16H22ClNO2/c17-10-5-1-2-6-11-18-16(19)14-9-12-20-15-8-4-3-7-13(14)15/h3-4,7-8,14H,1-2,5-6,9-12H2,(H,18,19). The van der Waals surface area contributed by atoms with Gasteiger partial charge in [-0.3, -0.25) is 4.79 Å². The summed E-state index contributed by atoms with van der Waals surface area (Å²) < 4.78 is 5.58. The average molecular weight is 296 g/mol. The van der Waals surface area contributed by atoms with Crippen molar-refractivity contribution in [2.45, 2.75) is 38.0 Å². The number of halogens is 1. The van der Waals surface area contributed by atoms with Crippen LogP contribution >= 0.6 is 11.6 Å². The monoisotopic (exact) mass is 295 g/mol. The summed E-state index contributed by atoms with van der Waals surface area (Å²) in [5, 5.41) is 3.04. The van der Waals surface area contributed by atoms with Crippen molar-refractivity contribution in [1.82, 2.24) is 5.32 Å². The lowest BCUT2D eigenvalue weighted by Crippen LogP contribution is -2.33. The fourth-order valence-corrected chi connectivity index (χ4v) is 2.71. The van der Waals surface area contributed by atoms with Crippen molar-refractivity contribution >= 4 is 17.5 Å². The van der Waals surface area contributed by atoms with Crippen LogP contribution < -0.4 is 10.1 Å². The topological polar surface area (TPSA) is 38.3 Å². The van der Waals surface area contributed by atoms with E-state index in [2.05, 4.69) is 5.32 Å². The zero-order valence-corrected chi connectivity index (χ0v) is 12.5. The Balaban J connectivity index is 1.79. The van der Waals surface area contributed by atoms with Gasteiger partial charge in [0.15, 0.2) is 0 Å². The number of hydrogen-bond acceptors (Lipinski definition) is 2. The van der Waals surface area contributed by atoms with E-state index in [-0.39, 0.29) is 11.8 Å². The van der Waals surface area contributed by atoms with Crippen LogP contribution in [0.25, 0.3) is 0 Å². The molecule has 0 saturated carbocycles. The predicted octanol–water partition coefficient (Wildman–Crippen LogP) is 3.47. The third-order valence-electron chi connectivity index (χ3n) is 3.63. The molecule has 0 radical (unpaired) electrons. The van der Waals surface area contributed by atoms with E-state index in [1.807, 2.05) is 24.3 Å². The zero-order valence-electron chi connectivity index (χ0n) is 11.7. The quantitative estimate of drug-likeness (QED) is 0.618. The van der Waals surface area contributed by atoms with Gasteiger partial charge < -0.3 is 10.1 Å². The van der Waals surface area contributed by atoms with Crippen LogP contribution in [0.5, 0.6) is 5.75 Å². The van der Waals surface area contributed by atoms with Gasteiger partial charge in [-0.1, -0.05) is 31.0 Å². The van der Waals surface area contributed by atoms with E-state index in [0.717, 1.165) is 55.8 Å². The van der Waals surface area contributed by atoms with Gasteiger partial charge in [0, 0.05) is 18.0 Å². The van der Waals surface area contributed by atoms with E-state index in [1.54, 1.807) is 0 Å². The predicted molar refractivity (Wildman–Crippen MR) is 81.5 cm³/mol. The number of benzene rings is 1. The van der Waals surface area contributed by atoms with Crippen molar-refractivity contribution in [3.05, 3.63) is 29.8 Å². The third-order valence-corrected chi connectivity index (χ3v) is 3.90. The lowest BCUT2D eigenvalue weighted by molar-refractivity contribution is -0.123. The molecule has 1 unspecified atom stereocenters. The first-order chi connectivity index (χ1) is 9.83. The highest BCUT2D eigenvalue weighted by molar-refractivity contribution is 6.17. The summed E-state index contributed by atoms with van der Waals surface area (Å²) in [5.74, 6) is 1.63. The number of hydrogen-bond donors (Lipinski definition) is 1. The van der Waals surface area contributed by atoms with Crippen molar-refractivity contribution in [3.8, 4) is 5.75 Å². The van der Waals surface area contributed by atoms with Gasteiger partial charge in [-0.2, -0.15) is 0 Å². The lowest BCUT2D eigenvalue weighted by Gasteiger charge is -2.25. The van der Waals surface area contributed by atoms with Crippen LogP contribution in [0.15, 0.2) is 24.3 Å². The van der Waals surface area contributed by atoms with Crippen molar-refractivity contribution in [2.75, 3.05) is 19.0 Å². The Morgan fingerprint density at radius 1 is 1.25 bits per heavy atom. The third kappa shape index (κ3) is 4.14. The van der Waals surface area contributed by atoms with Gasteiger partial charge in [0.2, 0.25) is 5.91 Å². The molecule has 1 aliphatic rings. The first kappa shape index (κ1) is 15.2. The Morgan fingerprint density at radius 2 is 2.05 bits per heavy atom. The highest BCUT2D eigenvalue weighted by atomic mass is 35.5. The molecule has 1 aromatic carbocycles. The number of ether oxygens (including phenoxy) is 1. The second kappa shape index (κ2) is 8.15. The van der Waals surface area contributed by atoms with Crippen molar-refractivity contribution in [3.63, 3.8) is 0 Å². The van der Waals surface area contributed by atoms with Gasteiger partial charge in [0.1, 0.15) is 5.75 Å². The van der Waals surface area contributed by atoms with Gasteiger partial charge in [-0.05, 0) is 25.3 Å². The summed E-state index contributed by atoms with van der Waals surface area (Å²) in [7, 11) is 0. The van der Waals surface area contributed by atoms with Crippen molar-refractivity contribution in [1.29, 1.82) is 0 Å². The molecule has 1 N–H and O–H groups in total. The van der Waals surface area contributed by atoms with Crippen molar-refractivity contribution < 1.29 is 9.53 Å². The van der Waals surface area contributed by atoms with E-state index in [1.165, 1.54) is 0 Å². The van der Waals surface area contributed by atoms with E-state index in [0.29, 0.717) is 6.61 Å². The zero-order chi connectivity index (χ0) is 14.2.